The highest BCUT2D eigenvalue weighted by Crippen LogP contribution is 2.36. The minimum atomic E-state index is -0.448. The summed E-state index contributed by atoms with van der Waals surface area (Å²) in [6.07, 6.45) is 0. The van der Waals surface area contributed by atoms with Crippen molar-refractivity contribution in [3.63, 3.8) is 0 Å². The maximum atomic E-state index is 12.2. The summed E-state index contributed by atoms with van der Waals surface area (Å²) < 4.78 is 9.57. The molecule has 0 fully saturated rings. The molecule has 2 N–H and O–H groups in total. The van der Waals surface area contributed by atoms with Crippen molar-refractivity contribution in [3.8, 4) is 10.4 Å². The van der Waals surface area contributed by atoms with Crippen molar-refractivity contribution < 1.29 is 19.1 Å². The molecule has 0 unspecified atom stereocenters. The molecular weight excluding hydrogens is 408 g/mol. The molecule has 0 aliphatic rings. The first-order chi connectivity index (χ1) is 14.0. The van der Waals surface area contributed by atoms with Gasteiger partial charge in [-0.3, -0.25) is 0 Å². The number of esters is 2. The Bertz CT molecular complexity index is 1030. The van der Waals surface area contributed by atoms with Crippen LogP contribution in [-0.2, 0) is 9.47 Å². The molecule has 6 nitrogen and oxygen atoms in total. The van der Waals surface area contributed by atoms with Crippen LogP contribution >= 0.6 is 23.6 Å². The number of hydrogen-bond donors (Lipinski definition) is 2. The van der Waals surface area contributed by atoms with Gasteiger partial charge >= 0.3 is 11.9 Å². The van der Waals surface area contributed by atoms with Crippen LogP contribution in [0.3, 0.4) is 0 Å². The lowest BCUT2D eigenvalue weighted by Crippen LogP contribution is -2.20. The van der Waals surface area contributed by atoms with Crippen molar-refractivity contribution in [3.05, 3.63) is 71.8 Å². The predicted octanol–water partition coefficient (Wildman–Crippen LogP) is 4.80. The fraction of sp³-hybridized carbons (Fsp3) is 0.0952. The predicted molar refractivity (Wildman–Crippen MR) is 119 cm³/mol. The Labute approximate surface area is 177 Å². The summed E-state index contributed by atoms with van der Waals surface area (Å²) in [5.41, 5.74) is 2.53. The van der Waals surface area contributed by atoms with Gasteiger partial charge in [-0.2, -0.15) is 0 Å². The number of benzene rings is 2. The molecule has 0 saturated carbocycles. The Kier molecular flexibility index (Phi) is 6.58. The van der Waals surface area contributed by atoms with Gasteiger partial charge in [0.1, 0.15) is 5.00 Å². The first-order valence-electron chi connectivity index (χ1n) is 8.55. The van der Waals surface area contributed by atoms with Crippen LogP contribution in [0.1, 0.15) is 20.7 Å². The Morgan fingerprint density at radius 3 is 2.17 bits per heavy atom. The van der Waals surface area contributed by atoms with E-state index in [2.05, 4.69) is 15.4 Å². The summed E-state index contributed by atoms with van der Waals surface area (Å²) in [5, 5.41) is 6.98. The van der Waals surface area contributed by atoms with Crippen LogP contribution < -0.4 is 10.6 Å². The van der Waals surface area contributed by atoms with E-state index in [1.807, 2.05) is 30.3 Å². The van der Waals surface area contributed by atoms with Gasteiger partial charge in [-0.1, -0.05) is 30.3 Å². The normalized spacial score (nSPS) is 10.1. The monoisotopic (exact) mass is 426 g/mol. The van der Waals surface area contributed by atoms with Gasteiger partial charge in [0, 0.05) is 10.6 Å². The highest BCUT2D eigenvalue weighted by atomic mass is 32.1. The topological polar surface area (TPSA) is 76.7 Å². The molecular formula is C21H18N2O4S2. The van der Waals surface area contributed by atoms with Gasteiger partial charge in [0.15, 0.2) is 5.11 Å². The third-order valence-electron chi connectivity index (χ3n) is 3.99. The third-order valence-corrected chi connectivity index (χ3v) is 5.29. The molecule has 0 saturated heterocycles. The maximum absolute atomic E-state index is 12.2. The number of thiophene rings is 1. The SMILES string of the molecule is COC(=O)c1ccc(NC(=S)Nc2sc(-c3ccccc3)cc2C(=O)OC)cc1. The van der Waals surface area contributed by atoms with Crippen molar-refractivity contribution in [2.75, 3.05) is 24.9 Å². The summed E-state index contributed by atoms with van der Waals surface area (Å²) in [6, 6.07) is 18.2. The van der Waals surface area contributed by atoms with E-state index in [-0.39, 0.29) is 0 Å². The highest BCUT2D eigenvalue weighted by Gasteiger charge is 2.18. The van der Waals surface area contributed by atoms with Gasteiger partial charge in [-0.25, -0.2) is 9.59 Å². The Hall–Kier alpha value is -3.23. The lowest BCUT2D eigenvalue weighted by molar-refractivity contribution is 0.0592. The molecule has 0 amide bonds. The van der Waals surface area contributed by atoms with Crippen molar-refractivity contribution in [1.29, 1.82) is 0 Å². The highest BCUT2D eigenvalue weighted by molar-refractivity contribution is 7.80. The van der Waals surface area contributed by atoms with Crippen LogP contribution in [0.4, 0.5) is 10.7 Å². The number of carbonyl (C=O) groups excluding carboxylic acids is 2. The number of carbonyl (C=O) groups is 2. The molecule has 29 heavy (non-hydrogen) atoms. The molecule has 0 radical (unpaired) electrons. The van der Waals surface area contributed by atoms with Gasteiger partial charge in [0.25, 0.3) is 0 Å². The van der Waals surface area contributed by atoms with Crippen LogP contribution in [0.25, 0.3) is 10.4 Å². The second-order valence-corrected chi connectivity index (χ2v) is 7.32. The van der Waals surface area contributed by atoms with Gasteiger partial charge in [-0.15, -0.1) is 11.3 Å². The van der Waals surface area contributed by atoms with Crippen LogP contribution in [0.15, 0.2) is 60.7 Å². The molecule has 0 aliphatic heterocycles. The standard InChI is InChI=1S/C21H18N2O4S2/c1-26-19(24)14-8-10-15(11-9-14)22-21(28)23-18-16(20(25)27-2)12-17(29-18)13-6-4-3-5-7-13/h3-12H,1-2H3,(H2,22,23,28). The largest absolute Gasteiger partial charge is 0.465 e. The van der Waals surface area contributed by atoms with Gasteiger partial charge in [-0.05, 0) is 48.1 Å². The Morgan fingerprint density at radius 2 is 1.55 bits per heavy atom. The summed E-state index contributed by atoms with van der Waals surface area (Å²) in [7, 11) is 2.67. The van der Waals surface area contributed by atoms with E-state index in [0.29, 0.717) is 26.9 Å². The molecule has 0 atom stereocenters. The van der Waals surface area contributed by atoms with Gasteiger partial charge < -0.3 is 20.1 Å². The molecule has 3 aromatic rings. The Balaban J connectivity index is 1.77. The molecule has 1 heterocycles. The van der Waals surface area contributed by atoms with Crippen LogP contribution in [0, 0.1) is 0 Å². The van der Waals surface area contributed by atoms with Gasteiger partial charge in [0.2, 0.25) is 0 Å². The number of anilines is 2. The smallest absolute Gasteiger partial charge is 0.340 e. The number of ether oxygens (including phenoxy) is 2. The first kappa shape index (κ1) is 20.5. The van der Waals surface area contributed by atoms with Crippen LogP contribution in [0.5, 0.6) is 0 Å². The first-order valence-corrected chi connectivity index (χ1v) is 9.78. The molecule has 0 aliphatic carbocycles. The number of thiocarbonyl (C=S) groups is 1. The lowest BCUT2D eigenvalue weighted by atomic mass is 10.1. The van der Waals surface area contributed by atoms with E-state index in [1.54, 1.807) is 30.3 Å². The van der Waals surface area contributed by atoms with Crippen molar-refractivity contribution in [2.24, 2.45) is 0 Å². The van der Waals surface area contributed by atoms with Crippen molar-refractivity contribution >= 4 is 51.3 Å². The number of rotatable bonds is 5. The third kappa shape index (κ3) is 4.98. The van der Waals surface area contributed by atoms with E-state index >= 15 is 0 Å². The fourth-order valence-corrected chi connectivity index (χ4v) is 3.90. The molecule has 2 aromatic carbocycles. The average Bonchev–Trinajstić information content (AvgIpc) is 3.17. The zero-order chi connectivity index (χ0) is 20.8. The van der Waals surface area contributed by atoms with Crippen molar-refractivity contribution in [2.45, 2.75) is 0 Å². The zero-order valence-corrected chi connectivity index (χ0v) is 17.4. The summed E-state index contributed by atoms with van der Waals surface area (Å²) in [5.74, 6) is -0.858. The quantitative estimate of drug-likeness (QED) is 0.448. The molecule has 1 aromatic heterocycles. The number of hydrogen-bond acceptors (Lipinski definition) is 6. The van der Waals surface area contributed by atoms with E-state index in [4.69, 9.17) is 17.0 Å². The molecule has 0 spiro atoms. The van der Waals surface area contributed by atoms with E-state index in [1.165, 1.54) is 25.6 Å². The van der Waals surface area contributed by atoms with E-state index in [0.717, 1.165) is 10.4 Å². The molecule has 0 bridgehead atoms. The van der Waals surface area contributed by atoms with E-state index in [9.17, 15) is 9.59 Å². The lowest BCUT2D eigenvalue weighted by Gasteiger charge is -2.10. The summed E-state index contributed by atoms with van der Waals surface area (Å²) >= 11 is 6.78. The summed E-state index contributed by atoms with van der Waals surface area (Å²) in [6.45, 7) is 0. The molecule has 8 heteroatoms. The van der Waals surface area contributed by atoms with Crippen LogP contribution in [0.2, 0.25) is 0 Å². The van der Waals surface area contributed by atoms with Crippen molar-refractivity contribution in [1.82, 2.24) is 0 Å². The maximum Gasteiger partial charge on any atom is 0.340 e. The number of nitrogens with one attached hydrogen (secondary N) is 2. The Morgan fingerprint density at radius 1 is 0.897 bits per heavy atom. The minimum absolute atomic E-state index is 0.308. The fourth-order valence-electron chi connectivity index (χ4n) is 2.56. The minimum Gasteiger partial charge on any atom is -0.465 e. The molecule has 3 rings (SSSR count). The van der Waals surface area contributed by atoms with Crippen LogP contribution in [-0.4, -0.2) is 31.3 Å². The zero-order valence-electron chi connectivity index (χ0n) is 15.7. The second-order valence-electron chi connectivity index (χ2n) is 5.86. The van der Waals surface area contributed by atoms with E-state index < -0.39 is 11.9 Å². The second kappa shape index (κ2) is 9.31. The average molecular weight is 427 g/mol. The number of methoxy groups -OCH3 is 2. The summed E-state index contributed by atoms with van der Waals surface area (Å²) in [4.78, 5) is 24.6. The molecule has 148 valence electrons. The van der Waals surface area contributed by atoms with Gasteiger partial charge in [0.05, 0.1) is 25.3 Å².